The summed E-state index contributed by atoms with van der Waals surface area (Å²) in [4.78, 5) is 1.34. The van der Waals surface area contributed by atoms with Crippen molar-refractivity contribution in [2.45, 2.75) is 18.9 Å². The monoisotopic (exact) mass is 184 g/mol. The van der Waals surface area contributed by atoms with Gasteiger partial charge in [0.2, 0.25) is 0 Å². The van der Waals surface area contributed by atoms with E-state index in [1.165, 1.54) is 23.5 Å². The standard InChI is InChI=1S/C9H12O2S/c1-2-6-12-9(3-1)8-7-10-4-5-11-8/h3-5,8H,1-2,6-7H2. The molecule has 2 aliphatic heterocycles. The second kappa shape index (κ2) is 3.90. The summed E-state index contributed by atoms with van der Waals surface area (Å²) in [6.07, 6.45) is 8.12. The molecule has 0 amide bonds. The van der Waals surface area contributed by atoms with Crippen LogP contribution in [0.3, 0.4) is 0 Å². The van der Waals surface area contributed by atoms with Crippen molar-refractivity contribution >= 4 is 11.8 Å². The fourth-order valence-corrected chi connectivity index (χ4v) is 2.39. The number of hydrogen-bond acceptors (Lipinski definition) is 3. The lowest BCUT2D eigenvalue weighted by atomic mass is 10.2. The largest absolute Gasteiger partial charge is 0.494 e. The summed E-state index contributed by atoms with van der Waals surface area (Å²) in [5, 5.41) is 0. The summed E-state index contributed by atoms with van der Waals surface area (Å²) >= 11 is 1.89. The maximum atomic E-state index is 5.42. The van der Waals surface area contributed by atoms with E-state index in [9.17, 15) is 0 Å². The molecule has 0 radical (unpaired) electrons. The molecule has 0 aromatic heterocycles. The van der Waals surface area contributed by atoms with Gasteiger partial charge in [0.05, 0.1) is 0 Å². The zero-order valence-corrected chi connectivity index (χ0v) is 7.68. The first-order chi connectivity index (χ1) is 5.97. The molecule has 3 heteroatoms. The van der Waals surface area contributed by atoms with Crippen LogP contribution in [0.4, 0.5) is 0 Å². The van der Waals surface area contributed by atoms with Crippen LogP contribution in [-0.2, 0) is 9.47 Å². The Morgan fingerprint density at radius 3 is 3.08 bits per heavy atom. The predicted octanol–water partition coefficient (Wildman–Crippen LogP) is 2.28. The molecule has 2 rings (SSSR count). The minimum absolute atomic E-state index is 0.153. The average molecular weight is 184 g/mol. The zero-order chi connectivity index (χ0) is 8.23. The number of hydrogen-bond donors (Lipinski definition) is 0. The molecule has 2 nitrogen and oxygen atoms in total. The molecule has 12 heavy (non-hydrogen) atoms. The highest BCUT2D eigenvalue weighted by Gasteiger charge is 2.19. The highest BCUT2D eigenvalue weighted by atomic mass is 32.2. The Labute approximate surface area is 76.6 Å². The van der Waals surface area contributed by atoms with Crippen molar-refractivity contribution < 1.29 is 9.47 Å². The fourth-order valence-electron chi connectivity index (χ4n) is 1.30. The molecule has 0 N–H and O–H groups in total. The molecular weight excluding hydrogens is 172 g/mol. The van der Waals surface area contributed by atoms with E-state index >= 15 is 0 Å². The van der Waals surface area contributed by atoms with Crippen LogP contribution in [0.5, 0.6) is 0 Å². The lowest BCUT2D eigenvalue weighted by Gasteiger charge is -2.23. The first kappa shape index (κ1) is 8.05. The summed E-state index contributed by atoms with van der Waals surface area (Å²) in [6.45, 7) is 0.662. The van der Waals surface area contributed by atoms with Crippen LogP contribution in [0, 0.1) is 0 Å². The highest BCUT2D eigenvalue weighted by molar-refractivity contribution is 8.03. The summed E-state index contributed by atoms with van der Waals surface area (Å²) in [5.74, 6) is 1.22. The van der Waals surface area contributed by atoms with Crippen LogP contribution in [-0.4, -0.2) is 18.5 Å². The van der Waals surface area contributed by atoms with Crippen LogP contribution in [0.2, 0.25) is 0 Å². The third-order valence-electron chi connectivity index (χ3n) is 1.92. The van der Waals surface area contributed by atoms with E-state index in [0.717, 1.165) is 0 Å². The second-order valence-electron chi connectivity index (χ2n) is 2.83. The van der Waals surface area contributed by atoms with Gasteiger partial charge < -0.3 is 9.47 Å². The first-order valence-electron chi connectivity index (χ1n) is 4.22. The van der Waals surface area contributed by atoms with Gasteiger partial charge in [0.25, 0.3) is 0 Å². The minimum atomic E-state index is 0.153. The van der Waals surface area contributed by atoms with Crippen LogP contribution in [0.15, 0.2) is 23.5 Å². The van der Waals surface area contributed by atoms with Crippen molar-refractivity contribution in [3.8, 4) is 0 Å². The Kier molecular flexibility index (Phi) is 2.61. The molecule has 0 aliphatic carbocycles. The van der Waals surface area contributed by atoms with Crippen molar-refractivity contribution in [1.82, 2.24) is 0 Å². The fraction of sp³-hybridized carbons (Fsp3) is 0.556. The summed E-state index contributed by atoms with van der Waals surface area (Å²) < 4.78 is 10.6. The molecule has 1 atom stereocenters. The summed E-state index contributed by atoms with van der Waals surface area (Å²) in [5.41, 5.74) is 0. The number of allylic oxidation sites excluding steroid dienone is 1. The van der Waals surface area contributed by atoms with Crippen molar-refractivity contribution in [2.75, 3.05) is 12.4 Å². The van der Waals surface area contributed by atoms with E-state index in [-0.39, 0.29) is 6.10 Å². The van der Waals surface area contributed by atoms with Gasteiger partial charge >= 0.3 is 0 Å². The summed E-state index contributed by atoms with van der Waals surface area (Å²) in [7, 11) is 0. The first-order valence-corrected chi connectivity index (χ1v) is 5.20. The molecular formula is C9H12O2S. The molecule has 0 spiro atoms. The molecule has 0 aromatic carbocycles. The number of thioether (sulfide) groups is 1. The van der Waals surface area contributed by atoms with Crippen LogP contribution in [0.1, 0.15) is 12.8 Å². The van der Waals surface area contributed by atoms with Gasteiger partial charge in [-0.15, -0.1) is 11.8 Å². The third-order valence-corrected chi connectivity index (χ3v) is 3.18. The number of ether oxygens (including phenoxy) is 2. The maximum absolute atomic E-state index is 5.42. The topological polar surface area (TPSA) is 18.5 Å². The van der Waals surface area contributed by atoms with Crippen LogP contribution >= 0.6 is 11.8 Å². The molecule has 0 saturated carbocycles. The second-order valence-corrected chi connectivity index (χ2v) is 4.00. The van der Waals surface area contributed by atoms with Crippen molar-refractivity contribution in [1.29, 1.82) is 0 Å². The van der Waals surface area contributed by atoms with E-state index in [1.54, 1.807) is 12.5 Å². The van der Waals surface area contributed by atoms with Crippen LogP contribution in [0.25, 0.3) is 0 Å². The Bertz CT molecular complexity index is 211. The zero-order valence-electron chi connectivity index (χ0n) is 6.86. The molecule has 2 aliphatic rings. The van der Waals surface area contributed by atoms with Gasteiger partial charge in [-0.3, -0.25) is 0 Å². The maximum Gasteiger partial charge on any atom is 0.162 e. The van der Waals surface area contributed by atoms with Gasteiger partial charge in [0.15, 0.2) is 6.10 Å². The molecule has 0 fully saturated rings. The van der Waals surface area contributed by atoms with Crippen LogP contribution < -0.4 is 0 Å². The Balaban J connectivity index is 1.98. The Morgan fingerprint density at radius 2 is 2.42 bits per heavy atom. The Morgan fingerprint density at radius 1 is 1.42 bits per heavy atom. The lowest BCUT2D eigenvalue weighted by Crippen LogP contribution is -2.21. The van der Waals surface area contributed by atoms with E-state index in [2.05, 4.69) is 6.08 Å². The molecule has 0 bridgehead atoms. The predicted molar refractivity (Wildman–Crippen MR) is 49.7 cm³/mol. The number of rotatable bonds is 1. The summed E-state index contributed by atoms with van der Waals surface area (Å²) in [6, 6.07) is 0. The van der Waals surface area contributed by atoms with Gasteiger partial charge in [-0.05, 0) is 18.6 Å². The SMILES string of the molecule is C1=COC(C2=CCCCS2)CO1. The van der Waals surface area contributed by atoms with Gasteiger partial charge in [0.1, 0.15) is 19.1 Å². The molecule has 0 aromatic rings. The van der Waals surface area contributed by atoms with Gasteiger partial charge in [-0.25, -0.2) is 0 Å². The highest BCUT2D eigenvalue weighted by Crippen LogP contribution is 2.29. The molecule has 2 heterocycles. The third kappa shape index (κ3) is 1.78. The normalized spacial score (nSPS) is 28.7. The molecule has 1 unspecified atom stereocenters. The van der Waals surface area contributed by atoms with Gasteiger partial charge in [-0.2, -0.15) is 0 Å². The van der Waals surface area contributed by atoms with Crippen molar-refractivity contribution in [3.05, 3.63) is 23.5 Å². The van der Waals surface area contributed by atoms with E-state index in [1.807, 2.05) is 11.8 Å². The van der Waals surface area contributed by atoms with Crippen molar-refractivity contribution in [3.63, 3.8) is 0 Å². The van der Waals surface area contributed by atoms with E-state index in [0.29, 0.717) is 6.61 Å². The van der Waals surface area contributed by atoms with E-state index in [4.69, 9.17) is 9.47 Å². The van der Waals surface area contributed by atoms with E-state index < -0.39 is 0 Å². The van der Waals surface area contributed by atoms with Gasteiger partial charge in [0, 0.05) is 4.91 Å². The lowest BCUT2D eigenvalue weighted by molar-refractivity contribution is 0.0598. The minimum Gasteiger partial charge on any atom is -0.494 e. The van der Waals surface area contributed by atoms with Gasteiger partial charge in [-0.1, -0.05) is 6.08 Å². The quantitative estimate of drug-likeness (QED) is 0.623. The molecule has 66 valence electrons. The molecule has 0 saturated heterocycles. The average Bonchev–Trinajstić information content (AvgIpc) is 2.21. The van der Waals surface area contributed by atoms with Crippen molar-refractivity contribution in [2.24, 2.45) is 0 Å². The smallest absolute Gasteiger partial charge is 0.162 e. The Hall–Kier alpha value is -0.570.